The maximum absolute atomic E-state index is 5.80. The first-order valence-electron chi connectivity index (χ1n) is 6.25. The van der Waals surface area contributed by atoms with E-state index in [1.165, 1.54) is 0 Å². The van der Waals surface area contributed by atoms with Crippen molar-refractivity contribution in [1.82, 2.24) is 9.97 Å². The topological polar surface area (TPSA) is 35.0 Å². The first-order chi connectivity index (χ1) is 9.78. The fourth-order valence-electron chi connectivity index (χ4n) is 1.93. The van der Waals surface area contributed by atoms with Crippen LogP contribution in [0.5, 0.6) is 5.19 Å². The summed E-state index contributed by atoms with van der Waals surface area (Å²) in [5.41, 5.74) is 4.17. The largest absolute Gasteiger partial charge is 0.465 e. The lowest BCUT2D eigenvalue weighted by atomic mass is 10.2. The van der Waals surface area contributed by atoms with Gasteiger partial charge in [0, 0.05) is 17.1 Å². The fourth-order valence-corrected chi connectivity index (χ4v) is 3.52. The van der Waals surface area contributed by atoms with Crippen molar-refractivity contribution in [3.8, 4) is 5.19 Å². The summed E-state index contributed by atoms with van der Waals surface area (Å²) in [5.74, 6) is 0. The number of alkyl halides is 1. The van der Waals surface area contributed by atoms with E-state index in [2.05, 4.69) is 25.9 Å². The van der Waals surface area contributed by atoms with Crippen molar-refractivity contribution in [1.29, 1.82) is 0 Å². The molecule has 2 aromatic heterocycles. The van der Waals surface area contributed by atoms with Crippen molar-refractivity contribution in [2.24, 2.45) is 0 Å². The van der Waals surface area contributed by atoms with E-state index in [4.69, 9.17) is 4.74 Å². The molecule has 3 nitrogen and oxygen atoms in total. The molecule has 0 unspecified atom stereocenters. The van der Waals surface area contributed by atoms with Crippen LogP contribution in [-0.2, 0) is 11.9 Å². The second-order valence-electron chi connectivity index (χ2n) is 4.43. The average Bonchev–Trinajstić information content (AvgIpc) is 2.92. The SMILES string of the molecule is Cc1ncc(CBr)c2sc(OCc3ccccc3)nc12. The second kappa shape index (κ2) is 5.89. The van der Waals surface area contributed by atoms with Gasteiger partial charge in [0.25, 0.3) is 5.19 Å². The van der Waals surface area contributed by atoms with Gasteiger partial charge in [0.2, 0.25) is 0 Å². The number of pyridine rings is 1. The number of aromatic nitrogens is 2. The number of hydrogen-bond donors (Lipinski definition) is 0. The minimum absolute atomic E-state index is 0.538. The average molecular weight is 349 g/mol. The van der Waals surface area contributed by atoms with Gasteiger partial charge in [0.05, 0.1) is 10.4 Å². The van der Waals surface area contributed by atoms with Crippen molar-refractivity contribution in [2.75, 3.05) is 0 Å². The second-order valence-corrected chi connectivity index (χ2v) is 5.96. The van der Waals surface area contributed by atoms with Gasteiger partial charge in [0.1, 0.15) is 12.1 Å². The highest BCUT2D eigenvalue weighted by Crippen LogP contribution is 2.32. The Kier molecular flexibility index (Phi) is 3.98. The number of hydrogen-bond acceptors (Lipinski definition) is 4. The van der Waals surface area contributed by atoms with Crippen molar-refractivity contribution in [3.05, 3.63) is 53.3 Å². The molecule has 2 heterocycles. The number of nitrogens with zero attached hydrogens (tertiary/aromatic N) is 2. The summed E-state index contributed by atoms with van der Waals surface area (Å²) in [5, 5.41) is 1.47. The summed E-state index contributed by atoms with van der Waals surface area (Å²) in [6.07, 6.45) is 1.89. The molecule has 0 aliphatic rings. The molecule has 0 fully saturated rings. The van der Waals surface area contributed by atoms with Gasteiger partial charge < -0.3 is 4.74 Å². The molecule has 0 N–H and O–H groups in total. The minimum atomic E-state index is 0.538. The van der Waals surface area contributed by atoms with E-state index < -0.39 is 0 Å². The molecule has 3 aromatic rings. The number of rotatable bonds is 4. The summed E-state index contributed by atoms with van der Waals surface area (Å²) in [4.78, 5) is 8.92. The van der Waals surface area contributed by atoms with E-state index in [1.807, 2.05) is 43.5 Å². The molecule has 102 valence electrons. The van der Waals surface area contributed by atoms with Gasteiger partial charge in [-0.2, -0.15) is 0 Å². The Morgan fingerprint density at radius 3 is 2.80 bits per heavy atom. The number of halogens is 1. The normalized spacial score (nSPS) is 10.9. The lowest BCUT2D eigenvalue weighted by molar-refractivity contribution is 0.305. The fraction of sp³-hybridized carbons (Fsp3) is 0.200. The molecule has 3 rings (SSSR count). The highest BCUT2D eigenvalue weighted by molar-refractivity contribution is 9.08. The Balaban J connectivity index is 1.88. The number of ether oxygens (including phenoxy) is 1. The van der Waals surface area contributed by atoms with Crippen LogP contribution in [-0.4, -0.2) is 9.97 Å². The van der Waals surface area contributed by atoms with Crippen molar-refractivity contribution < 1.29 is 4.74 Å². The van der Waals surface area contributed by atoms with Crippen LogP contribution < -0.4 is 4.74 Å². The molecule has 0 bridgehead atoms. The van der Waals surface area contributed by atoms with E-state index in [-0.39, 0.29) is 0 Å². The lowest BCUT2D eigenvalue weighted by Gasteiger charge is -2.01. The van der Waals surface area contributed by atoms with Gasteiger partial charge in [-0.15, -0.1) is 0 Å². The van der Waals surface area contributed by atoms with Gasteiger partial charge in [-0.1, -0.05) is 57.6 Å². The van der Waals surface area contributed by atoms with Crippen LogP contribution in [0.25, 0.3) is 10.2 Å². The number of aryl methyl sites for hydroxylation is 1. The van der Waals surface area contributed by atoms with Crippen LogP contribution >= 0.6 is 27.3 Å². The van der Waals surface area contributed by atoms with E-state index >= 15 is 0 Å². The molecular formula is C15H13BrN2OS. The molecule has 1 aromatic carbocycles. The maximum atomic E-state index is 5.80. The van der Waals surface area contributed by atoms with Crippen LogP contribution in [0.2, 0.25) is 0 Å². The van der Waals surface area contributed by atoms with Gasteiger partial charge in [-0.25, -0.2) is 4.98 Å². The Bertz CT molecular complexity index is 727. The van der Waals surface area contributed by atoms with Gasteiger partial charge >= 0.3 is 0 Å². The molecular weight excluding hydrogens is 336 g/mol. The maximum Gasteiger partial charge on any atom is 0.274 e. The highest BCUT2D eigenvalue weighted by Gasteiger charge is 2.11. The molecule has 20 heavy (non-hydrogen) atoms. The Morgan fingerprint density at radius 1 is 1.25 bits per heavy atom. The summed E-state index contributed by atoms with van der Waals surface area (Å²) < 4.78 is 6.95. The summed E-state index contributed by atoms with van der Waals surface area (Å²) >= 11 is 5.06. The third-order valence-corrected chi connectivity index (χ3v) is 4.65. The smallest absolute Gasteiger partial charge is 0.274 e. The standard InChI is InChI=1S/C15H13BrN2OS/c1-10-13-14(12(7-16)8-17-10)20-15(18-13)19-9-11-5-3-2-4-6-11/h2-6,8H,7,9H2,1H3. The van der Waals surface area contributed by atoms with E-state index in [9.17, 15) is 0 Å². The van der Waals surface area contributed by atoms with Gasteiger partial charge in [0.15, 0.2) is 0 Å². The van der Waals surface area contributed by atoms with Crippen LogP contribution in [0.1, 0.15) is 16.8 Å². The Morgan fingerprint density at radius 2 is 2.05 bits per heavy atom. The Labute approximate surface area is 129 Å². The minimum Gasteiger partial charge on any atom is -0.465 e. The summed E-state index contributed by atoms with van der Waals surface area (Å²) in [6.45, 7) is 2.51. The van der Waals surface area contributed by atoms with Gasteiger partial charge in [-0.05, 0) is 12.5 Å². The molecule has 0 saturated carbocycles. The van der Waals surface area contributed by atoms with Crippen LogP contribution in [0, 0.1) is 6.92 Å². The zero-order chi connectivity index (χ0) is 13.9. The zero-order valence-electron chi connectivity index (χ0n) is 11.0. The highest BCUT2D eigenvalue weighted by atomic mass is 79.9. The molecule has 0 aliphatic heterocycles. The van der Waals surface area contributed by atoms with E-state index in [0.29, 0.717) is 11.8 Å². The predicted molar refractivity (Wildman–Crippen MR) is 85.6 cm³/mol. The third kappa shape index (κ3) is 2.69. The van der Waals surface area contributed by atoms with Crippen LogP contribution in [0.4, 0.5) is 0 Å². The number of benzene rings is 1. The van der Waals surface area contributed by atoms with Crippen molar-refractivity contribution in [3.63, 3.8) is 0 Å². The van der Waals surface area contributed by atoms with Gasteiger partial charge in [-0.3, -0.25) is 4.98 Å². The Hall–Kier alpha value is -1.46. The third-order valence-electron chi connectivity index (χ3n) is 3.01. The van der Waals surface area contributed by atoms with E-state index in [1.54, 1.807) is 11.3 Å². The quantitative estimate of drug-likeness (QED) is 0.652. The predicted octanol–water partition coefficient (Wildman–Crippen LogP) is 4.47. The first kappa shape index (κ1) is 13.5. The van der Waals surface area contributed by atoms with E-state index in [0.717, 1.165) is 32.4 Å². The van der Waals surface area contributed by atoms with Crippen LogP contribution in [0.3, 0.4) is 0 Å². The molecule has 0 atom stereocenters. The van der Waals surface area contributed by atoms with Crippen LogP contribution in [0.15, 0.2) is 36.5 Å². The van der Waals surface area contributed by atoms with Crippen molar-refractivity contribution >= 4 is 37.5 Å². The zero-order valence-corrected chi connectivity index (χ0v) is 13.4. The number of thiazole rings is 1. The first-order valence-corrected chi connectivity index (χ1v) is 8.19. The molecule has 0 spiro atoms. The molecule has 0 saturated heterocycles. The lowest BCUT2D eigenvalue weighted by Crippen LogP contribution is -1.94. The molecule has 0 aliphatic carbocycles. The van der Waals surface area contributed by atoms with Crippen molar-refractivity contribution in [2.45, 2.75) is 18.9 Å². The molecule has 0 radical (unpaired) electrons. The molecule has 0 amide bonds. The molecule has 5 heteroatoms. The monoisotopic (exact) mass is 348 g/mol. The summed E-state index contributed by atoms with van der Waals surface area (Å²) in [7, 11) is 0. The summed E-state index contributed by atoms with van der Waals surface area (Å²) in [6, 6.07) is 10.1. The number of fused-ring (bicyclic) bond motifs is 1.